The Morgan fingerprint density at radius 1 is 1.23 bits per heavy atom. The van der Waals surface area contributed by atoms with Gasteiger partial charge in [0.1, 0.15) is 11.8 Å². The Bertz CT molecular complexity index is 1140. The van der Waals surface area contributed by atoms with Crippen molar-refractivity contribution in [2.75, 3.05) is 11.9 Å². The second kappa shape index (κ2) is 10.9. The van der Waals surface area contributed by atoms with Crippen molar-refractivity contribution in [3.8, 4) is 17.4 Å². The largest absolute Gasteiger partial charge is 0.494 e. The fraction of sp³-hybridized carbons (Fsp3) is 0.417. The van der Waals surface area contributed by atoms with E-state index >= 15 is 0 Å². The normalized spacial score (nSPS) is 15.8. The van der Waals surface area contributed by atoms with Gasteiger partial charge in [0, 0.05) is 18.3 Å². The minimum Gasteiger partial charge on any atom is -0.494 e. The highest BCUT2D eigenvalue weighted by Gasteiger charge is 2.29. The van der Waals surface area contributed by atoms with Crippen LogP contribution in [-0.2, 0) is 11.3 Å². The van der Waals surface area contributed by atoms with Gasteiger partial charge in [0.05, 0.1) is 25.5 Å². The number of hydrogen-bond acceptors (Lipinski definition) is 6. The predicted molar refractivity (Wildman–Crippen MR) is 122 cm³/mol. The van der Waals surface area contributed by atoms with E-state index in [1.54, 1.807) is 12.3 Å². The molecule has 0 aliphatic heterocycles. The Labute approximate surface area is 200 Å². The number of rotatable bonds is 10. The number of anilines is 1. The molecule has 0 unspecified atom stereocenters. The highest BCUT2D eigenvalue weighted by atomic mass is 19.1. The maximum atomic E-state index is 14.0. The molecule has 1 fully saturated rings. The molecule has 35 heavy (non-hydrogen) atoms. The third-order valence-electron chi connectivity index (χ3n) is 6.11. The summed E-state index contributed by atoms with van der Waals surface area (Å²) in [6.07, 6.45) is 6.42. The molecular weight excluding hydrogens is 462 g/mol. The number of aliphatic hydroxyl groups excluding tert-OH is 2. The molecule has 1 aromatic carbocycles. The molecule has 0 spiro atoms. The highest BCUT2D eigenvalue weighted by molar-refractivity contribution is 5.93. The Hall–Kier alpha value is -3.44. The predicted octanol–water partition coefficient (Wildman–Crippen LogP) is 3.57. The summed E-state index contributed by atoms with van der Waals surface area (Å²) in [5, 5.41) is 36.1. The van der Waals surface area contributed by atoms with Crippen LogP contribution in [0.3, 0.4) is 0 Å². The Morgan fingerprint density at radius 2 is 1.94 bits per heavy atom. The van der Waals surface area contributed by atoms with Crippen molar-refractivity contribution in [1.29, 1.82) is 0 Å². The molecule has 4 rings (SSSR count). The van der Waals surface area contributed by atoms with Gasteiger partial charge in [-0.3, -0.25) is 9.48 Å². The molecule has 0 radical (unpaired) electrons. The first-order valence-corrected chi connectivity index (χ1v) is 11.5. The first kappa shape index (κ1) is 24.7. The van der Waals surface area contributed by atoms with E-state index in [-0.39, 0.29) is 29.9 Å². The zero-order valence-electron chi connectivity index (χ0n) is 19.0. The van der Waals surface area contributed by atoms with Crippen molar-refractivity contribution in [2.45, 2.75) is 50.8 Å². The van der Waals surface area contributed by atoms with Crippen LogP contribution in [0.4, 0.5) is 14.6 Å². The summed E-state index contributed by atoms with van der Waals surface area (Å²) in [6.45, 7) is -0.358. The first-order chi connectivity index (χ1) is 16.8. The number of nitrogens with one attached hydrogen (secondary N) is 1. The zero-order chi connectivity index (χ0) is 24.9. The zero-order valence-corrected chi connectivity index (χ0v) is 19.0. The minimum atomic E-state index is -0.983. The van der Waals surface area contributed by atoms with Crippen molar-refractivity contribution in [1.82, 2.24) is 14.3 Å². The highest BCUT2D eigenvalue weighted by Crippen LogP contribution is 2.37. The van der Waals surface area contributed by atoms with Gasteiger partial charge in [-0.05, 0) is 24.5 Å². The Morgan fingerprint density at radius 3 is 2.63 bits per heavy atom. The van der Waals surface area contributed by atoms with Gasteiger partial charge in [-0.1, -0.05) is 31.7 Å². The Kier molecular flexibility index (Phi) is 7.67. The average Bonchev–Trinajstić information content (AvgIpc) is 3.57. The third kappa shape index (κ3) is 5.98. The SMILES string of the molecule is O=C(Nc1ccn(C[C@@H](O)CO)n1)[C@H](CC1CCCC1)n1cc(Oc2c(F)cccc2F)cc1O. The molecule has 2 atom stereocenters. The number of nitrogens with zero attached hydrogens (tertiary/aromatic N) is 3. The van der Waals surface area contributed by atoms with Crippen molar-refractivity contribution in [3.05, 3.63) is 54.4 Å². The monoisotopic (exact) mass is 490 g/mol. The topological polar surface area (TPSA) is 122 Å². The quantitative estimate of drug-likeness (QED) is 0.345. The van der Waals surface area contributed by atoms with E-state index in [0.717, 1.165) is 37.8 Å². The van der Waals surface area contributed by atoms with E-state index in [4.69, 9.17) is 9.84 Å². The summed E-state index contributed by atoms with van der Waals surface area (Å²) >= 11 is 0. The van der Waals surface area contributed by atoms with E-state index in [9.17, 15) is 23.8 Å². The van der Waals surface area contributed by atoms with Gasteiger partial charge in [0.25, 0.3) is 0 Å². The number of aromatic hydroxyl groups is 1. The number of amides is 1. The maximum Gasteiger partial charge on any atom is 0.248 e. The lowest BCUT2D eigenvalue weighted by Crippen LogP contribution is -2.27. The van der Waals surface area contributed by atoms with Crippen LogP contribution in [0.5, 0.6) is 17.4 Å². The lowest BCUT2D eigenvalue weighted by Gasteiger charge is -2.22. The van der Waals surface area contributed by atoms with E-state index < -0.39 is 42.0 Å². The standard InChI is InChI=1S/C24H28F2N4O5/c25-18-6-3-7-19(26)23(18)35-17-11-22(33)30(13-17)20(10-15-4-1-2-5-15)24(34)27-21-8-9-29(28-21)12-16(32)14-31/h3,6-9,11,13,15-16,20,31-33H,1-2,4-5,10,12,14H2,(H,27,28,34)/t16-,20+/m1/s1. The fourth-order valence-corrected chi connectivity index (χ4v) is 4.37. The van der Waals surface area contributed by atoms with Gasteiger partial charge in [-0.2, -0.15) is 5.10 Å². The molecule has 1 aliphatic carbocycles. The van der Waals surface area contributed by atoms with Gasteiger partial charge in [-0.25, -0.2) is 8.78 Å². The van der Waals surface area contributed by atoms with Crippen molar-refractivity contribution in [2.24, 2.45) is 5.92 Å². The second-order valence-electron chi connectivity index (χ2n) is 8.74. The number of aromatic nitrogens is 3. The number of carbonyl (C=O) groups is 1. The number of hydrogen-bond donors (Lipinski definition) is 4. The molecule has 2 aromatic heterocycles. The first-order valence-electron chi connectivity index (χ1n) is 11.5. The smallest absolute Gasteiger partial charge is 0.248 e. The lowest BCUT2D eigenvalue weighted by atomic mass is 9.97. The third-order valence-corrected chi connectivity index (χ3v) is 6.11. The summed E-state index contributed by atoms with van der Waals surface area (Å²) in [5.74, 6) is -2.59. The number of benzene rings is 1. The van der Waals surface area contributed by atoms with Gasteiger partial charge in [0.2, 0.25) is 5.91 Å². The summed E-state index contributed by atoms with van der Waals surface area (Å²) in [5.41, 5.74) is 0. The van der Waals surface area contributed by atoms with Crippen LogP contribution in [0, 0.1) is 17.6 Å². The summed E-state index contributed by atoms with van der Waals surface area (Å²) in [6, 6.07) is 5.27. The maximum absolute atomic E-state index is 14.0. The van der Waals surface area contributed by atoms with Gasteiger partial charge < -0.3 is 29.9 Å². The number of ether oxygens (including phenoxy) is 1. The van der Waals surface area contributed by atoms with E-state index in [0.29, 0.717) is 6.42 Å². The second-order valence-corrected chi connectivity index (χ2v) is 8.74. The molecule has 9 nitrogen and oxygen atoms in total. The molecule has 4 N–H and O–H groups in total. The number of halogens is 2. The molecular formula is C24H28F2N4O5. The molecule has 1 aliphatic rings. The fourth-order valence-electron chi connectivity index (χ4n) is 4.37. The summed E-state index contributed by atoms with van der Waals surface area (Å²) in [7, 11) is 0. The van der Waals surface area contributed by atoms with Crippen LogP contribution in [0.1, 0.15) is 38.1 Å². The molecule has 0 saturated heterocycles. The van der Waals surface area contributed by atoms with Gasteiger partial charge in [0.15, 0.2) is 29.1 Å². The van der Waals surface area contributed by atoms with E-state index in [2.05, 4.69) is 10.4 Å². The molecule has 188 valence electrons. The summed E-state index contributed by atoms with van der Waals surface area (Å²) in [4.78, 5) is 13.3. The van der Waals surface area contributed by atoms with Gasteiger partial charge >= 0.3 is 0 Å². The van der Waals surface area contributed by atoms with Crippen LogP contribution >= 0.6 is 0 Å². The van der Waals surface area contributed by atoms with Crippen LogP contribution in [0.25, 0.3) is 0 Å². The molecule has 2 heterocycles. The average molecular weight is 491 g/mol. The van der Waals surface area contributed by atoms with Crippen LogP contribution in [0.15, 0.2) is 42.7 Å². The minimum absolute atomic E-state index is 0.0157. The van der Waals surface area contributed by atoms with E-state index in [1.165, 1.54) is 27.6 Å². The van der Waals surface area contributed by atoms with Crippen LogP contribution in [0.2, 0.25) is 0 Å². The van der Waals surface area contributed by atoms with Crippen molar-refractivity contribution in [3.63, 3.8) is 0 Å². The number of carbonyl (C=O) groups excluding carboxylic acids is 1. The van der Waals surface area contributed by atoms with Crippen LogP contribution < -0.4 is 10.1 Å². The molecule has 1 amide bonds. The lowest BCUT2D eigenvalue weighted by molar-refractivity contribution is -0.119. The van der Waals surface area contributed by atoms with Crippen molar-refractivity contribution >= 4 is 11.7 Å². The molecule has 0 bridgehead atoms. The molecule has 1 saturated carbocycles. The van der Waals surface area contributed by atoms with Gasteiger partial charge in [-0.15, -0.1) is 0 Å². The summed E-state index contributed by atoms with van der Waals surface area (Å²) < 4.78 is 36.1. The van der Waals surface area contributed by atoms with Crippen molar-refractivity contribution < 1.29 is 33.6 Å². The molecule has 11 heteroatoms. The van der Waals surface area contributed by atoms with Crippen LogP contribution in [-0.4, -0.2) is 48.3 Å². The number of para-hydroxylation sites is 1. The Balaban J connectivity index is 1.55. The van der Waals surface area contributed by atoms with E-state index in [1.807, 2.05) is 0 Å². The molecule has 3 aromatic rings. The number of aliphatic hydroxyl groups is 2.